The predicted octanol–water partition coefficient (Wildman–Crippen LogP) is 5.18. The van der Waals surface area contributed by atoms with E-state index in [4.69, 9.17) is 9.72 Å². The molecular formula is C21H22N6O2S. The Bertz CT molecular complexity index is 1190. The van der Waals surface area contributed by atoms with E-state index >= 15 is 0 Å². The van der Waals surface area contributed by atoms with Crippen LogP contribution in [0.5, 0.6) is 0 Å². The first-order valence-corrected chi connectivity index (χ1v) is 10.3. The number of pyridine rings is 2. The van der Waals surface area contributed by atoms with Gasteiger partial charge >= 0.3 is 6.09 Å². The maximum Gasteiger partial charge on any atom is 0.413 e. The van der Waals surface area contributed by atoms with Gasteiger partial charge < -0.3 is 10.1 Å². The highest BCUT2D eigenvalue weighted by Gasteiger charge is 2.18. The second-order valence-corrected chi connectivity index (χ2v) is 8.63. The van der Waals surface area contributed by atoms with Crippen LogP contribution in [-0.2, 0) is 11.8 Å². The Labute approximate surface area is 177 Å². The van der Waals surface area contributed by atoms with Gasteiger partial charge in [-0.15, -0.1) is 11.3 Å². The van der Waals surface area contributed by atoms with Crippen molar-refractivity contribution in [3.05, 3.63) is 48.1 Å². The van der Waals surface area contributed by atoms with Gasteiger partial charge in [0, 0.05) is 36.5 Å². The van der Waals surface area contributed by atoms with E-state index in [2.05, 4.69) is 26.1 Å². The number of carbonyl (C=O) groups is 1. The number of nitrogens with one attached hydrogen (secondary N) is 2. The van der Waals surface area contributed by atoms with Crippen LogP contribution in [-0.4, -0.2) is 31.4 Å². The quantitative estimate of drug-likeness (QED) is 0.470. The van der Waals surface area contributed by atoms with Crippen molar-refractivity contribution in [1.29, 1.82) is 0 Å². The molecular weight excluding hydrogens is 400 g/mol. The summed E-state index contributed by atoms with van der Waals surface area (Å²) in [6, 6.07) is 9.61. The minimum absolute atomic E-state index is 0.515. The Hall–Kier alpha value is -3.46. The number of thiophene rings is 1. The number of carbonyl (C=O) groups excluding carboxylic acids is 1. The van der Waals surface area contributed by atoms with Crippen LogP contribution in [0.3, 0.4) is 0 Å². The number of fused-ring (bicyclic) bond motifs is 1. The minimum Gasteiger partial charge on any atom is -0.444 e. The van der Waals surface area contributed by atoms with E-state index in [-0.39, 0.29) is 0 Å². The van der Waals surface area contributed by atoms with Crippen LogP contribution in [0.15, 0.2) is 48.1 Å². The van der Waals surface area contributed by atoms with E-state index in [0.717, 1.165) is 21.3 Å². The first-order valence-electron chi connectivity index (χ1n) is 9.38. The van der Waals surface area contributed by atoms with E-state index in [9.17, 15) is 4.79 Å². The highest BCUT2D eigenvalue weighted by atomic mass is 32.1. The molecule has 4 heterocycles. The molecule has 0 bridgehead atoms. The van der Waals surface area contributed by atoms with Crippen molar-refractivity contribution >= 4 is 45.1 Å². The van der Waals surface area contributed by atoms with E-state index in [0.29, 0.717) is 17.5 Å². The topological polar surface area (TPSA) is 94.0 Å². The average Bonchev–Trinajstić information content (AvgIpc) is 3.24. The van der Waals surface area contributed by atoms with Crippen molar-refractivity contribution in [2.45, 2.75) is 26.4 Å². The first-order chi connectivity index (χ1) is 14.3. The number of amides is 1. The van der Waals surface area contributed by atoms with Crippen molar-refractivity contribution < 1.29 is 9.53 Å². The summed E-state index contributed by atoms with van der Waals surface area (Å²) in [6.45, 7) is 5.44. The third kappa shape index (κ3) is 4.41. The van der Waals surface area contributed by atoms with Crippen molar-refractivity contribution in [2.75, 3.05) is 10.6 Å². The highest BCUT2D eigenvalue weighted by molar-refractivity contribution is 7.17. The molecule has 0 unspecified atom stereocenters. The molecule has 1 amide bonds. The second kappa shape index (κ2) is 7.75. The molecule has 30 heavy (non-hydrogen) atoms. The number of nitrogens with zero attached hydrogens (tertiary/aromatic N) is 4. The monoisotopic (exact) mass is 422 g/mol. The van der Waals surface area contributed by atoms with E-state index in [1.165, 1.54) is 0 Å². The zero-order valence-corrected chi connectivity index (χ0v) is 17.9. The molecule has 0 aromatic carbocycles. The summed E-state index contributed by atoms with van der Waals surface area (Å²) in [6.07, 6.45) is 3.01. The van der Waals surface area contributed by atoms with Crippen LogP contribution < -0.4 is 10.6 Å². The Morgan fingerprint density at radius 2 is 1.90 bits per heavy atom. The minimum atomic E-state index is -0.573. The number of rotatable bonds is 4. The van der Waals surface area contributed by atoms with Gasteiger partial charge in [-0.1, -0.05) is 0 Å². The molecule has 4 rings (SSSR count). The molecule has 0 saturated carbocycles. The number of aromatic nitrogens is 4. The summed E-state index contributed by atoms with van der Waals surface area (Å²) in [5.74, 6) is 1.75. The van der Waals surface area contributed by atoms with Gasteiger partial charge in [0.25, 0.3) is 0 Å². The molecule has 0 atom stereocenters. The summed E-state index contributed by atoms with van der Waals surface area (Å²) in [7, 11) is 1.74. The zero-order valence-electron chi connectivity index (χ0n) is 17.1. The molecule has 0 radical (unpaired) electrons. The fourth-order valence-corrected chi connectivity index (χ4v) is 3.81. The lowest BCUT2D eigenvalue weighted by Gasteiger charge is -2.19. The van der Waals surface area contributed by atoms with Gasteiger partial charge in [-0.2, -0.15) is 5.10 Å². The van der Waals surface area contributed by atoms with Gasteiger partial charge in [0.1, 0.15) is 17.2 Å². The third-order valence-electron chi connectivity index (χ3n) is 4.17. The average molecular weight is 423 g/mol. The molecule has 2 N–H and O–H groups in total. The van der Waals surface area contributed by atoms with E-state index in [1.807, 2.05) is 45.0 Å². The van der Waals surface area contributed by atoms with Gasteiger partial charge in [-0.3, -0.25) is 15.0 Å². The Kier molecular flexibility index (Phi) is 5.13. The fraction of sp³-hybridized carbons (Fsp3) is 0.238. The van der Waals surface area contributed by atoms with Gasteiger partial charge in [-0.05, 0) is 50.6 Å². The normalized spacial score (nSPS) is 11.5. The maximum atomic E-state index is 12.0. The summed E-state index contributed by atoms with van der Waals surface area (Å²) < 4.78 is 7.96. The number of hydrogen-bond acceptors (Lipinski definition) is 7. The largest absolute Gasteiger partial charge is 0.444 e. The molecule has 8 nitrogen and oxygen atoms in total. The number of hydrogen-bond donors (Lipinski definition) is 2. The van der Waals surface area contributed by atoms with Crippen LogP contribution in [0.25, 0.3) is 21.3 Å². The van der Waals surface area contributed by atoms with Crippen molar-refractivity contribution in [2.24, 2.45) is 7.05 Å². The van der Waals surface area contributed by atoms with Gasteiger partial charge in [0.05, 0.1) is 10.2 Å². The molecule has 0 spiro atoms. The van der Waals surface area contributed by atoms with Gasteiger partial charge in [-0.25, -0.2) is 9.78 Å². The molecule has 4 aromatic heterocycles. The smallest absolute Gasteiger partial charge is 0.413 e. The summed E-state index contributed by atoms with van der Waals surface area (Å²) in [4.78, 5) is 20.9. The summed E-state index contributed by atoms with van der Waals surface area (Å²) in [5.41, 5.74) is 2.48. The molecule has 0 aliphatic rings. The standard InChI is InChI=1S/C21H22N6O2S/c1-21(2,3)29-20(28)25-18-11-17(26-27(18)4)23-16-6-5-15-19(24-16)14(12-30-15)13-7-9-22-10-8-13/h5-12H,1-4H3,(H,25,28)(H,23,24,26). The highest BCUT2D eigenvalue weighted by Crippen LogP contribution is 2.33. The molecule has 0 saturated heterocycles. The molecule has 0 fully saturated rings. The number of anilines is 3. The van der Waals surface area contributed by atoms with Crippen molar-refractivity contribution in [3.63, 3.8) is 0 Å². The van der Waals surface area contributed by atoms with Crippen LogP contribution in [0.2, 0.25) is 0 Å². The molecule has 0 aliphatic heterocycles. The van der Waals surface area contributed by atoms with Gasteiger partial charge in [0.2, 0.25) is 0 Å². The van der Waals surface area contributed by atoms with E-state index < -0.39 is 11.7 Å². The summed E-state index contributed by atoms with van der Waals surface area (Å²) in [5, 5.41) is 12.4. The van der Waals surface area contributed by atoms with Gasteiger partial charge in [0.15, 0.2) is 5.82 Å². The molecule has 154 valence electrons. The maximum absolute atomic E-state index is 12.0. The van der Waals surface area contributed by atoms with Crippen molar-refractivity contribution in [1.82, 2.24) is 19.7 Å². The Balaban J connectivity index is 1.55. The molecule has 9 heteroatoms. The van der Waals surface area contributed by atoms with Crippen LogP contribution >= 0.6 is 11.3 Å². The number of ether oxygens (including phenoxy) is 1. The van der Waals surface area contributed by atoms with E-state index in [1.54, 1.807) is 41.5 Å². The Morgan fingerprint density at radius 3 is 2.63 bits per heavy atom. The predicted molar refractivity (Wildman–Crippen MR) is 119 cm³/mol. The first kappa shape index (κ1) is 19.8. The lowest BCUT2D eigenvalue weighted by Crippen LogP contribution is -2.27. The van der Waals surface area contributed by atoms with Crippen LogP contribution in [0, 0.1) is 0 Å². The Morgan fingerprint density at radius 1 is 1.13 bits per heavy atom. The van der Waals surface area contributed by atoms with Crippen molar-refractivity contribution in [3.8, 4) is 11.1 Å². The molecule has 4 aromatic rings. The SMILES string of the molecule is Cn1nc(Nc2ccc3scc(-c4ccncc4)c3n2)cc1NC(=O)OC(C)(C)C. The zero-order chi connectivity index (χ0) is 21.3. The van der Waals surface area contributed by atoms with Crippen LogP contribution in [0.4, 0.5) is 22.2 Å². The third-order valence-corrected chi connectivity index (χ3v) is 5.11. The molecule has 0 aliphatic carbocycles. The van der Waals surface area contributed by atoms with Crippen LogP contribution in [0.1, 0.15) is 20.8 Å². The lowest BCUT2D eigenvalue weighted by atomic mass is 10.1. The second-order valence-electron chi connectivity index (χ2n) is 7.72. The summed E-state index contributed by atoms with van der Waals surface area (Å²) >= 11 is 1.65. The number of aryl methyl sites for hydroxylation is 1. The fourth-order valence-electron chi connectivity index (χ4n) is 2.90. The lowest BCUT2D eigenvalue weighted by molar-refractivity contribution is 0.0634.